The third-order valence-corrected chi connectivity index (χ3v) is 6.37. The number of thioether (sulfide) groups is 1. The second kappa shape index (κ2) is 8.98. The number of halogens is 2. The van der Waals surface area contributed by atoms with Gasteiger partial charge in [-0.25, -0.2) is 4.98 Å². The van der Waals surface area contributed by atoms with Crippen molar-refractivity contribution >= 4 is 35.0 Å². The molecule has 3 rings (SSSR count). The van der Waals surface area contributed by atoms with Gasteiger partial charge in [0.1, 0.15) is 0 Å². The van der Waals surface area contributed by atoms with Crippen LogP contribution in [0.2, 0.25) is 10.0 Å². The Morgan fingerprint density at radius 1 is 1.08 bits per heavy atom. The van der Waals surface area contributed by atoms with E-state index in [1.807, 2.05) is 30.9 Å². The Labute approximate surface area is 169 Å². The van der Waals surface area contributed by atoms with Crippen molar-refractivity contribution in [3.05, 3.63) is 82.4 Å². The lowest BCUT2D eigenvalue weighted by Gasteiger charge is -2.21. The number of nitrogens with zero attached hydrogens (tertiary/aromatic N) is 2. The van der Waals surface area contributed by atoms with Crippen molar-refractivity contribution in [3.8, 4) is 0 Å². The van der Waals surface area contributed by atoms with E-state index in [1.54, 1.807) is 17.8 Å². The number of rotatable bonds is 7. The van der Waals surface area contributed by atoms with Gasteiger partial charge in [0, 0.05) is 39.6 Å². The molecule has 0 fully saturated rings. The Hall–Kier alpha value is -1.42. The van der Waals surface area contributed by atoms with Crippen molar-refractivity contribution in [1.82, 2.24) is 9.55 Å². The standard InChI is InChI=1S/C21H22Cl2N2S/c1-15(12-25-10-9-24-14-25)16(2)17-4-7-20(8-5-17)26-13-18-3-6-19(22)11-21(18)23/h3-11,14-16H,12-13H2,1-2H3. The summed E-state index contributed by atoms with van der Waals surface area (Å²) in [4.78, 5) is 5.36. The van der Waals surface area contributed by atoms with Crippen molar-refractivity contribution in [2.75, 3.05) is 0 Å². The van der Waals surface area contributed by atoms with E-state index < -0.39 is 0 Å². The first kappa shape index (κ1) is 19.3. The molecule has 2 unspecified atom stereocenters. The number of aromatic nitrogens is 2. The summed E-state index contributed by atoms with van der Waals surface area (Å²) in [6.07, 6.45) is 5.73. The molecule has 136 valence electrons. The van der Waals surface area contributed by atoms with Gasteiger partial charge in [0.05, 0.1) is 6.33 Å². The van der Waals surface area contributed by atoms with Crippen LogP contribution in [0.5, 0.6) is 0 Å². The van der Waals surface area contributed by atoms with Crippen molar-refractivity contribution in [2.24, 2.45) is 5.92 Å². The average Bonchev–Trinajstić information content (AvgIpc) is 3.14. The Morgan fingerprint density at radius 3 is 2.50 bits per heavy atom. The van der Waals surface area contributed by atoms with Crippen LogP contribution < -0.4 is 0 Å². The monoisotopic (exact) mass is 404 g/mol. The van der Waals surface area contributed by atoms with Crippen molar-refractivity contribution in [1.29, 1.82) is 0 Å². The van der Waals surface area contributed by atoms with Crippen LogP contribution in [-0.4, -0.2) is 9.55 Å². The van der Waals surface area contributed by atoms with Gasteiger partial charge in [-0.05, 0) is 47.2 Å². The maximum absolute atomic E-state index is 6.25. The van der Waals surface area contributed by atoms with Crippen LogP contribution in [0, 0.1) is 5.92 Å². The third kappa shape index (κ3) is 5.06. The molecule has 3 aromatic rings. The van der Waals surface area contributed by atoms with Crippen LogP contribution in [0.4, 0.5) is 0 Å². The topological polar surface area (TPSA) is 17.8 Å². The molecule has 26 heavy (non-hydrogen) atoms. The minimum absolute atomic E-state index is 0.488. The van der Waals surface area contributed by atoms with Gasteiger partial charge in [0.25, 0.3) is 0 Å². The Morgan fingerprint density at radius 2 is 1.85 bits per heavy atom. The maximum Gasteiger partial charge on any atom is 0.0945 e. The van der Waals surface area contributed by atoms with Crippen LogP contribution in [0.3, 0.4) is 0 Å². The summed E-state index contributed by atoms with van der Waals surface area (Å²) in [7, 11) is 0. The minimum atomic E-state index is 0.488. The first-order valence-corrected chi connectivity index (χ1v) is 10.4. The fourth-order valence-electron chi connectivity index (χ4n) is 2.88. The summed E-state index contributed by atoms with van der Waals surface area (Å²) in [5.41, 5.74) is 2.47. The summed E-state index contributed by atoms with van der Waals surface area (Å²) >= 11 is 14.0. The highest BCUT2D eigenvalue weighted by Crippen LogP contribution is 2.31. The molecule has 0 N–H and O–H groups in total. The highest BCUT2D eigenvalue weighted by molar-refractivity contribution is 7.98. The molecule has 2 aromatic carbocycles. The van der Waals surface area contributed by atoms with E-state index in [2.05, 4.69) is 47.7 Å². The predicted molar refractivity (Wildman–Crippen MR) is 112 cm³/mol. The molecule has 0 aliphatic carbocycles. The number of hydrogen-bond acceptors (Lipinski definition) is 2. The van der Waals surface area contributed by atoms with Gasteiger partial charge < -0.3 is 4.57 Å². The van der Waals surface area contributed by atoms with E-state index in [4.69, 9.17) is 23.2 Å². The zero-order valence-corrected chi connectivity index (χ0v) is 17.2. The zero-order valence-electron chi connectivity index (χ0n) is 14.9. The van der Waals surface area contributed by atoms with Gasteiger partial charge in [-0.1, -0.05) is 55.2 Å². The summed E-state index contributed by atoms with van der Waals surface area (Å²) in [6, 6.07) is 14.5. The SMILES string of the molecule is CC(Cn1ccnc1)C(C)c1ccc(SCc2ccc(Cl)cc2Cl)cc1. The van der Waals surface area contributed by atoms with Gasteiger partial charge in [0.15, 0.2) is 0 Å². The molecular weight excluding hydrogens is 383 g/mol. The fourth-order valence-corrected chi connectivity index (χ4v) is 4.34. The summed E-state index contributed by atoms with van der Waals surface area (Å²) in [5, 5.41) is 1.40. The smallest absolute Gasteiger partial charge is 0.0945 e. The van der Waals surface area contributed by atoms with E-state index >= 15 is 0 Å². The molecule has 0 bridgehead atoms. The quantitative estimate of drug-likeness (QED) is 0.397. The van der Waals surface area contributed by atoms with E-state index in [0.29, 0.717) is 16.9 Å². The van der Waals surface area contributed by atoms with Crippen LogP contribution >= 0.6 is 35.0 Å². The Kier molecular flexibility index (Phi) is 6.68. The summed E-state index contributed by atoms with van der Waals surface area (Å²) in [5.74, 6) is 1.86. The number of imidazole rings is 1. The molecule has 0 saturated heterocycles. The summed E-state index contributed by atoms with van der Waals surface area (Å²) in [6.45, 7) is 5.56. The fraction of sp³-hybridized carbons (Fsp3) is 0.286. The molecule has 1 heterocycles. The van der Waals surface area contributed by atoms with Crippen LogP contribution in [0.1, 0.15) is 30.9 Å². The van der Waals surface area contributed by atoms with Gasteiger partial charge in [0.2, 0.25) is 0 Å². The molecule has 2 nitrogen and oxygen atoms in total. The minimum Gasteiger partial charge on any atom is -0.337 e. The van der Waals surface area contributed by atoms with Gasteiger partial charge >= 0.3 is 0 Å². The number of benzene rings is 2. The Balaban J connectivity index is 1.59. The van der Waals surface area contributed by atoms with E-state index in [9.17, 15) is 0 Å². The van der Waals surface area contributed by atoms with E-state index in [1.165, 1.54) is 10.5 Å². The molecule has 0 amide bonds. The Bertz CT molecular complexity index is 832. The molecular formula is C21H22Cl2N2S. The predicted octanol–water partition coefficient (Wildman–Crippen LogP) is 6.92. The second-order valence-corrected chi connectivity index (χ2v) is 8.51. The lowest BCUT2D eigenvalue weighted by Crippen LogP contribution is -2.13. The van der Waals surface area contributed by atoms with Crippen LogP contribution in [-0.2, 0) is 12.3 Å². The molecule has 5 heteroatoms. The van der Waals surface area contributed by atoms with Crippen molar-refractivity contribution in [2.45, 2.75) is 37.0 Å². The zero-order chi connectivity index (χ0) is 18.5. The average molecular weight is 405 g/mol. The molecule has 0 saturated carbocycles. The molecule has 2 atom stereocenters. The molecule has 0 spiro atoms. The summed E-state index contributed by atoms with van der Waals surface area (Å²) < 4.78 is 2.14. The first-order chi connectivity index (χ1) is 12.5. The maximum atomic E-state index is 6.25. The number of hydrogen-bond donors (Lipinski definition) is 0. The van der Waals surface area contributed by atoms with Gasteiger partial charge in [-0.2, -0.15) is 0 Å². The lowest BCUT2D eigenvalue weighted by atomic mass is 9.89. The van der Waals surface area contributed by atoms with E-state index in [0.717, 1.165) is 22.9 Å². The molecule has 0 radical (unpaired) electrons. The van der Waals surface area contributed by atoms with Gasteiger partial charge in [-0.15, -0.1) is 11.8 Å². The largest absolute Gasteiger partial charge is 0.337 e. The first-order valence-electron chi connectivity index (χ1n) is 8.65. The molecule has 0 aliphatic heterocycles. The molecule has 1 aromatic heterocycles. The van der Waals surface area contributed by atoms with Crippen molar-refractivity contribution in [3.63, 3.8) is 0 Å². The lowest BCUT2D eigenvalue weighted by molar-refractivity contribution is 0.417. The van der Waals surface area contributed by atoms with Crippen molar-refractivity contribution < 1.29 is 0 Å². The van der Waals surface area contributed by atoms with E-state index in [-0.39, 0.29) is 0 Å². The third-order valence-electron chi connectivity index (χ3n) is 4.73. The van der Waals surface area contributed by atoms with Gasteiger partial charge in [-0.3, -0.25) is 0 Å². The normalized spacial score (nSPS) is 13.5. The van der Waals surface area contributed by atoms with Crippen LogP contribution in [0.25, 0.3) is 0 Å². The van der Waals surface area contributed by atoms with Crippen LogP contribution in [0.15, 0.2) is 66.1 Å². The highest BCUT2D eigenvalue weighted by atomic mass is 35.5. The molecule has 0 aliphatic rings. The highest BCUT2D eigenvalue weighted by Gasteiger charge is 2.15. The second-order valence-electron chi connectivity index (χ2n) is 6.62.